The molecule has 0 aromatic heterocycles. The number of esters is 1. The maximum Gasteiger partial charge on any atom is 0.302 e. The number of carbonyl (C=O) groups is 3. The number of hydrogen-bond donors (Lipinski definition) is 2. The molecule has 0 aromatic carbocycles. The Balaban J connectivity index is 2.29. The Hall–Kier alpha value is -1.75. The van der Waals surface area contributed by atoms with Crippen LogP contribution < -0.4 is 10.6 Å². The van der Waals surface area contributed by atoms with Crippen molar-refractivity contribution >= 4 is 17.8 Å². The SMILES string of the molecule is CCNC(=O)C1CC(OC(C)=O)CN1C(=O)COCCOCCOCCNC. The van der Waals surface area contributed by atoms with Gasteiger partial charge in [-0.05, 0) is 14.0 Å². The minimum absolute atomic E-state index is 0.162. The van der Waals surface area contributed by atoms with Crippen LogP contribution in [0.25, 0.3) is 0 Å². The van der Waals surface area contributed by atoms with Gasteiger partial charge in [-0.3, -0.25) is 14.4 Å². The van der Waals surface area contributed by atoms with Gasteiger partial charge in [-0.25, -0.2) is 0 Å². The number of amides is 2. The average molecular weight is 403 g/mol. The van der Waals surface area contributed by atoms with Crippen molar-refractivity contribution in [1.29, 1.82) is 0 Å². The van der Waals surface area contributed by atoms with Gasteiger partial charge in [0.25, 0.3) is 0 Å². The highest BCUT2D eigenvalue weighted by Crippen LogP contribution is 2.21. The molecule has 0 bridgehead atoms. The third-order valence-corrected chi connectivity index (χ3v) is 4.04. The molecule has 1 saturated heterocycles. The van der Waals surface area contributed by atoms with Crippen molar-refractivity contribution in [2.75, 3.05) is 66.3 Å². The quantitative estimate of drug-likeness (QED) is 0.278. The summed E-state index contributed by atoms with van der Waals surface area (Å²) in [7, 11) is 1.86. The minimum Gasteiger partial charge on any atom is -0.461 e. The highest BCUT2D eigenvalue weighted by molar-refractivity contribution is 5.89. The lowest BCUT2D eigenvalue weighted by Crippen LogP contribution is -2.47. The summed E-state index contributed by atoms with van der Waals surface area (Å²) in [6.07, 6.45) is -0.200. The predicted molar refractivity (Wildman–Crippen MR) is 101 cm³/mol. The van der Waals surface area contributed by atoms with Gasteiger partial charge in [-0.1, -0.05) is 0 Å². The van der Waals surface area contributed by atoms with E-state index in [1.807, 2.05) is 7.05 Å². The molecule has 1 fully saturated rings. The van der Waals surface area contributed by atoms with Crippen LogP contribution in [0.2, 0.25) is 0 Å². The molecule has 10 nitrogen and oxygen atoms in total. The van der Waals surface area contributed by atoms with Gasteiger partial charge in [0.15, 0.2) is 0 Å². The molecule has 2 amide bonds. The van der Waals surface area contributed by atoms with Crippen molar-refractivity contribution in [3.63, 3.8) is 0 Å². The van der Waals surface area contributed by atoms with Gasteiger partial charge >= 0.3 is 5.97 Å². The summed E-state index contributed by atoms with van der Waals surface area (Å²) in [6, 6.07) is -0.661. The van der Waals surface area contributed by atoms with Gasteiger partial charge in [0, 0.05) is 26.4 Å². The molecule has 2 atom stereocenters. The summed E-state index contributed by atoms with van der Waals surface area (Å²) in [5, 5.41) is 5.68. The van der Waals surface area contributed by atoms with E-state index in [1.54, 1.807) is 6.92 Å². The Kier molecular flexibility index (Phi) is 12.4. The van der Waals surface area contributed by atoms with E-state index in [-0.39, 0.29) is 38.0 Å². The van der Waals surface area contributed by atoms with Crippen molar-refractivity contribution in [1.82, 2.24) is 15.5 Å². The zero-order chi connectivity index (χ0) is 20.8. The number of rotatable bonds is 14. The first-order valence-corrected chi connectivity index (χ1v) is 9.61. The molecule has 1 rings (SSSR count). The van der Waals surface area contributed by atoms with Crippen molar-refractivity contribution in [2.45, 2.75) is 32.4 Å². The van der Waals surface area contributed by atoms with Crippen LogP contribution in [0.15, 0.2) is 0 Å². The second-order valence-corrected chi connectivity index (χ2v) is 6.30. The molecular formula is C18H33N3O7. The summed E-state index contributed by atoms with van der Waals surface area (Å²) in [6.45, 7) is 6.57. The van der Waals surface area contributed by atoms with Crippen molar-refractivity contribution in [3.05, 3.63) is 0 Å². The molecule has 1 heterocycles. The molecule has 0 aromatic rings. The first-order valence-electron chi connectivity index (χ1n) is 9.61. The number of nitrogens with one attached hydrogen (secondary N) is 2. The lowest BCUT2D eigenvalue weighted by molar-refractivity contribution is -0.147. The Morgan fingerprint density at radius 1 is 1.04 bits per heavy atom. The fourth-order valence-corrected chi connectivity index (χ4v) is 2.79. The second kappa shape index (κ2) is 14.3. The van der Waals surface area contributed by atoms with Crippen molar-refractivity contribution < 1.29 is 33.3 Å². The molecule has 162 valence electrons. The summed E-state index contributed by atoms with van der Waals surface area (Å²) >= 11 is 0. The van der Waals surface area contributed by atoms with Crippen LogP contribution in [-0.4, -0.2) is 101 Å². The summed E-state index contributed by atoms with van der Waals surface area (Å²) < 4.78 is 21.2. The van der Waals surface area contributed by atoms with E-state index >= 15 is 0 Å². The number of likely N-dealkylation sites (tertiary alicyclic amines) is 1. The first kappa shape index (κ1) is 24.3. The smallest absolute Gasteiger partial charge is 0.302 e. The molecule has 0 aliphatic carbocycles. The van der Waals surface area contributed by atoms with Gasteiger partial charge in [-0.15, -0.1) is 0 Å². The van der Waals surface area contributed by atoms with Crippen molar-refractivity contribution in [3.8, 4) is 0 Å². The Bertz CT molecular complexity index is 490. The molecule has 0 saturated carbocycles. The van der Waals surface area contributed by atoms with Crippen molar-refractivity contribution in [2.24, 2.45) is 0 Å². The molecule has 1 aliphatic heterocycles. The molecule has 0 spiro atoms. The van der Waals surface area contributed by atoms with E-state index < -0.39 is 18.1 Å². The van der Waals surface area contributed by atoms with E-state index in [0.29, 0.717) is 33.0 Å². The van der Waals surface area contributed by atoms with Crippen LogP contribution in [0.4, 0.5) is 0 Å². The third kappa shape index (κ3) is 9.45. The van der Waals surface area contributed by atoms with E-state index in [1.165, 1.54) is 11.8 Å². The number of ether oxygens (including phenoxy) is 4. The number of nitrogens with zero attached hydrogens (tertiary/aromatic N) is 1. The van der Waals surface area contributed by atoms with Crippen LogP contribution in [0, 0.1) is 0 Å². The highest BCUT2D eigenvalue weighted by atomic mass is 16.5. The fraction of sp³-hybridized carbons (Fsp3) is 0.833. The normalized spacial score (nSPS) is 18.9. The fourth-order valence-electron chi connectivity index (χ4n) is 2.79. The van der Waals surface area contributed by atoms with E-state index in [0.717, 1.165) is 6.54 Å². The topological polar surface area (TPSA) is 115 Å². The lowest BCUT2D eigenvalue weighted by Gasteiger charge is -2.23. The molecule has 2 N–H and O–H groups in total. The van der Waals surface area contributed by atoms with E-state index in [4.69, 9.17) is 18.9 Å². The predicted octanol–water partition coefficient (Wildman–Crippen LogP) is -1.08. The van der Waals surface area contributed by atoms with Gasteiger partial charge < -0.3 is 34.5 Å². The van der Waals surface area contributed by atoms with Gasteiger partial charge in [0.05, 0.1) is 39.6 Å². The first-order chi connectivity index (χ1) is 13.5. The lowest BCUT2D eigenvalue weighted by atomic mass is 10.2. The van der Waals surface area contributed by atoms with Gasteiger partial charge in [-0.2, -0.15) is 0 Å². The molecule has 28 heavy (non-hydrogen) atoms. The Morgan fingerprint density at radius 2 is 1.68 bits per heavy atom. The van der Waals surface area contributed by atoms with Crippen LogP contribution in [0.5, 0.6) is 0 Å². The Labute approximate surface area is 166 Å². The van der Waals surface area contributed by atoms with E-state index in [2.05, 4.69) is 10.6 Å². The number of likely N-dealkylation sites (N-methyl/N-ethyl adjacent to an activating group) is 2. The second-order valence-electron chi connectivity index (χ2n) is 6.30. The van der Waals surface area contributed by atoms with Crippen LogP contribution in [-0.2, 0) is 33.3 Å². The van der Waals surface area contributed by atoms with Crippen LogP contribution in [0.1, 0.15) is 20.3 Å². The number of hydrogen-bond acceptors (Lipinski definition) is 8. The minimum atomic E-state index is -0.661. The summed E-state index contributed by atoms with van der Waals surface area (Å²) in [4.78, 5) is 37.2. The molecular weight excluding hydrogens is 370 g/mol. The maximum absolute atomic E-state index is 12.4. The van der Waals surface area contributed by atoms with Crippen LogP contribution >= 0.6 is 0 Å². The summed E-state index contributed by atoms with van der Waals surface area (Å²) in [5.41, 5.74) is 0. The third-order valence-electron chi connectivity index (χ3n) is 4.04. The average Bonchev–Trinajstić information content (AvgIpc) is 3.06. The number of carbonyl (C=O) groups excluding carboxylic acids is 3. The monoisotopic (exact) mass is 403 g/mol. The molecule has 10 heteroatoms. The molecule has 2 unspecified atom stereocenters. The molecule has 0 radical (unpaired) electrons. The zero-order valence-corrected chi connectivity index (χ0v) is 17.0. The largest absolute Gasteiger partial charge is 0.461 e. The standard InChI is InChI=1S/C18H33N3O7/c1-4-20-18(24)16-11-15(28-14(2)22)12-21(16)17(23)13-27-10-9-26-8-7-25-6-5-19-3/h15-16,19H,4-13H2,1-3H3,(H,20,24). The zero-order valence-electron chi connectivity index (χ0n) is 17.0. The summed E-state index contributed by atoms with van der Waals surface area (Å²) in [5.74, 6) is -1.01. The van der Waals surface area contributed by atoms with Gasteiger partial charge in [0.2, 0.25) is 11.8 Å². The highest BCUT2D eigenvalue weighted by Gasteiger charge is 2.40. The van der Waals surface area contributed by atoms with Gasteiger partial charge in [0.1, 0.15) is 18.8 Å². The Morgan fingerprint density at radius 3 is 2.29 bits per heavy atom. The van der Waals surface area contributed by atoms with Crippen LogP contribution in [0.3, 0.4) is 0 Å². The van der Waals surface area contributed by atoms with E-state index in [9.17, 15) is 14.4 Å². The molecule has 1 aliphatic rings. The maximum atomic E-state index is 12.4.